The Morgan fingerprint density at radius 2 is 2.27 bits per heavy atom. The quantitative estimate of drug-likeness (QED) is 0.593. The number of nitrogens with two attached hydrogens (primary N) is 1. The fourth-order valence-corrected chi connectivity index (χ4v) is 2.46. The molecule has 5 heteroatoms. The predicted octanol–water partition coefficient (Wildman–Crippen LogP) is 0.322. The lowest BCUT2D eigenvalue weighted by molar-refractivity contribution is 0.250. The average molecular weight is 176 g/mol. The fraction of sp³-hybridized carbons (Fsp3) is 0.833. The summed E-state index contributed by atoms with van der Waals surface area (Å²) in [6.07, 6.45) is 1.02. The van der Waals surface area contributed by atoms with E-state index in [4.69, 9.17) is 10.2 Å². The maximum Gasteiger partial charge on any atom is 0.305 e. The molecule has 0 saturated carbocycles. The number of urea groups is 1. The minimum absolute atomic E-state index is 0.469. The number of hydrogen-bond acceptors (Lipinski definition) is 2. The molecule has 0 aliphatic carbocycles. The second-order valence-electron chi connectivity index (χ2n) is 2.24. The third-order valence-electron chi connectivity index (χ3n) is 1.22. The Kier molecular flexibility index (Phi) is 5.87. The van der Waals surface area contributed by atoms with E-state index >= 15 is 0 Å². The van der Waals surface area contributed by atoms with Crippen molar-refractivity contribution in [3.8, 4) is 0 Å². The Balaban J connectivity index is 3.59. The van der Waals surface area contributed by atoms with E-state index in [2.05, 4.69) is 11.9 Å². The highest BCUT2D eigenvalue weighted by Gasteiger charge is 2.11. The molecule has 0 bridgehead atoms. The minimum Gasteiger partial charge on any atom is -0.401 e. The van der Waals surface area contributed by atoms with Crippen LogP contribution in [0.1, 0.15) is 20.3 Å². The van der Waals surface area contributed by atoms with Crippen LogP contribution in [-0.4, -0.2) is 21.8 Å². The summed E-state index contributed by atoms with van der Waals surface area (Å²) in [4.78, 5) is 13.1. The first-order chi connectivity index (χ1) is 5.20. The number of hydrogen-bond donors (Lipinski definition) is 2. The van der Waals surface area contributed by atoms with E-state index in [1.807, 2.05) is 6.92 Å². The molecule has 0 rings (SSSR count). The highest BCUT2D eigenvalue weighted by Crippen LogP contribution is 1.94. The van der Waals surface area contributed by atoms with Crippen molar-refractivity contribution in [3.63, 3.8) is 0 Å². The van der Waals surface area contributed by atoms with Crippen LogP contribution in [0.15, 0.2) is 0 Å². The molecule has 0 fully saturated rings. The third kappa shape index (κ3) is 5.87. The van der Waals surface area contributed by atoms with Gasteiger partial charge < -0.3 is 15.1 Å². The van der Waals surface area contributed by atoms with Gasteiger partial charge in [0.15, 0.2) is 0 Å². The van der Waals surface area contributed by atoms with Crippen molar-refractivity contribution in [3.05, 3.63) is 0 Å². The summed E-state index contributed by atoms with van der Waals surface area (Å²) >= 11 is 0. The third-order valence-corrected chi connectivity index (χ3v) is 3.67. The summed E-state index contributed by atoms with van der Waals surface area (Å²) in [5.41, 5.74) is 4.96. The van der Waals surface area contributed by atoms with Crippen molar-refractivity contribution in [1.82, 2.24) is 4.98 Å². The molecule has 3 N–H and O–H groups in total. The molecule has 2 amide bonds. The van der Waals surface area contributed by atoms with E-state index in [9.17, 15) is 4.79 Å². The second kappa shape index (κ2) is 6.18. The van der Waals surface area contributed by atoms with Gasteiger partial charge in [-0.05, 0) is 13.0 Å². The molecule has 0 aromatic carbocycles. The molecule has 0 aliphatic heterocycles. The summed E-state index contributed by atoms with van der Waals surface area (Å²) in [7, 11) is -1.52. The van der Waals surface area contributed by atoms with E-state index in [0.717, 1.165) is 12.5 Å². The maximum absolute atomic E-state index is 10.4. The van der Waals surface area contributed by atoms with Crippen LogP contribution >= 0.6 is 0 Å². The van der Waals surface area contributed by atoms with Gasteiger partial charge in [-0.25, -0.2) is 4.79 Å². The molecule has 66 valence electrons. The average Bonchev–Trinajstić information content (AvgIpc) is 1.87. The van der Waals surface area contributed by atoms with Crippen LogP contribution in [0.3, 0.4) is 0 Å². The molecule has 0 spiro atoms. The molecule has 0 aromatic rings. The Bertz CT molecular complexity index is 115. The molecular weight excluding hydrogens is 160 g/mol. The van der Waals surface area contributed by atoms with Crippen molar-refractivity contribution < 1.29 is 9.22 Å². The molecule has 1 atom stereocenters. The Hall–Kier alpha value is -0.553. The van der Waals surface area contributed by atoms with E-state index in [1.165, 1.54) is 0 Å². The van der Waals surface area contributed by atoms with Crippen LogP contribution in [0.5, 0.6) is 0 Å². The Morgan fingerprint density at radius 1 is 1.64 bits per heavy atom. The van der Waals surface area contributed by atoms with Crippen molar-refractivity contribution in [2.24, 2.45) is 5.73 Å². The first-order valence-electron chi connectivity index (χ1n) is 3.88. The van der Waals surface area contributed by atoms with E-state index in [1.54, 1.807) is 0 Å². The zero-order valence-electron chi connectivity index (χ0n) is 7.09. The van der Waals surface area contributed by atoms with Crippen molar-refractivity contribution >= 4 is 15.2 Å². The van der Waals surface area contributed by atoms with Gasteiger partial charge in [-0.1, -0.05) is 13.3 Å². The van der Waals surface area contributed by atoms with Gasteiger partial charge in [0.1, 0.15) is 0 Å². The molecular formula is C6H16N2O2Si. The van der Waals surface area contributed by atoms with Crippen LogP contribution in [0.25, 0.3) is 0 Å². The highest BCUT2D eigenvalue weighted by atomic mass is 28.3. The number of amides is 2. The first-order valence-corrected chi connectivity index (χ1v) is 5.74. The van der Waals surface area contributed by atoms with Gasteiger partial charge in [-0.3, -0.25) is 0 Å². The molecule has 0 aliphatic rings. The van der Waals surface area contributed by atoms with Crippen LogP contribution in [0.2, 0.25) is 6.04 Å². The fourth-order valence-electron chi connectivity index (χ4n) is 0.819. The van der Waals surface area contributed by atoms with Gasteiger partial charge in [0.2, 0.25) is 0 Å². The molecule has 4 nitrogen and oxygen atoms in total. The number of nitrogens with one attached hydrogen (secondary N) is 1. The van der Waals surface area contributed by atoms with Crippen LogP contribution < -0.4 is 10.7 Å². The van der Waals surface area contributed by atoms with Crippen LogP contribution in [0.4, 0.5) is 4.79 Å². The SMILES string of the molecule is CCC[SiH](NC(N)=O)OCC. The van der Waals surface area contributed by atoms with Gasteiger partial charge >= 0.3 is 6.03 Å². The number of carbonyl (C=O) groups excluding carboxylic acids is 1. The largest absolute Gasteiger partial charge is 0.401 e. The predicted molar refractivity (Wildman–Crippen MR) is 46.6 cm³/mol. The standard InChI is InChI=1S/C6H16N2O2Si/c1-3-5-11(10-4-2)8-6(7)9/h11H,3-5H2,1-2H3,(H3,7,8,9). The summed E-state index contributed by atoms with van der Waals surface area (Å²) in [5.74, 6) is 0. The van der Waals surface area contributed by atoms with Crippen molar-refractivity contribution in [1.29, 1.82) is 0 Å². The zero-order valence-corrected chi connectivity index (χ0v) is 8.25. The number of carbonyl (C=O) groups is 1. The molecule has 11 heavy (non-hydrogen) atoms. The number of primary amides is 1. The lowest BCUT2D eigenvalue weighted by atomic mass is 10.6. The van der Waals surface area contributed by atoms with Crippen LogP contribution in [-0.2, 0) is 4.43 Å². The summed E-state index contributed by atoms with van der Waals surface area (Å²) in [6, 6.07) is 0.472. The minimum atomic E-state index is -1.52. The molecule has 0 heterocycles. The van der Waals surface area contributed by atoms with Crippen LogP contribution in [0, 0.1) is 0 Å². The normalized spacial score (nSPS) is 12.5. The summed E-state index contributed by atoms with van der Waals surface area (Å²) in [5, 5.41) is 0. The van der Waals surface area contributed by atoms with E-state index in [-0.39, 0.29) is 0 Å². The van der Waals surface area contributed by atoms with E-state index < -0.39 is 15.2 Å². The molecule has 1 unspecified atom stereocenters. The lowest BCUT2D eigenvalue weighted by Gasteiger charge is -2.13. The maximum atomic E-state index is 10.4. The monoisotopic (exact) mass is 176 g/mol. The summed E-state index contributed by atoms with van der Waals surface area (Å²) in [6.45, 7) is 4.62. The Labute approximate surface area is 68.9 Å². The lowest BCUT2D eigenvalue weighted by Crippen LogP contribution is -2.44. The van der Waals surface area contributed by atoms with Crippen molar-refractivity contribution in [2.75, 3.05) is 6.61 Å². The van der Waals surface area contributed by atoms with E-state index in [0.29, 0.717) is 6.61 Å². The highest BCUT2D eigenvalue weighted by molar-refractivity contribution is 6.52. The summed E-state index contributed by atoms with van der Waals surface area (Å²) < 4.78 is 5.32. The van der Waals surface area contributed by atoms with Crippen molar-refractivity contribution in [2.45, 2.75) is 26.3 Å². The van der Waals surface area contributed by atoms with Gasteiger partial charge in [0, 0.05) is 6.61 Å². The Morgan fingerprint density at radius 3 is 2.64 bits per heavy atom. The molecule has 0 radical (unpaired) electrons. The second-order valence-corrected chi connectivity index (χ2v) is 4.42. The topological polar surface area (TPSA) is 64.3 Å². The molecule has 0 saturated heterocycles. The first kappa shape index (κ1) is 10.4. The zero-order chi connectivity index (χ0) is 8.69. The smallest absolute Gasteiger partial charge is 0.305 e. The van der Waals surface area contributed by atoms with Gasteiger partial charge in [0.05, 0.1) is 0 Å². The van der Waals surface area contributed by atoms with Gasteiger partial charge in [-0.15, -0.1) is 0 Å². The van der Waals surface area contributed by atoms with Gasteiger partial charge in [-0.2, -0.15) is 0 Å². The van der Waals surface area contributed by atoms with Gasteiger partial charge in [0.25, 0.3) is 9.20 Å². The molecule has 0 aromatic heterocycles. The number of rotatable bonds is 5.